The van der Waals surface area contributed by atoms with Crippen LogP contribution in [0.15, 0.2) is 0 Å². The number of esters is 3. The van der Waals surface area contributed by atoms with E-state index in [0.29, 0.717) is 6.92 Å². The van der Waals surface area contributed by atoms with Crippen LogP contribution in [-0.4, -0.2) is 49.3 Å². The van der Waals surface area contributed by atoms with Gasteiger partial charge in [0, 0.05) is 6.92 Å². The van der Waals surface area contributed by atoms with Gasteiger partial charge in [-0.05, 0) is 26.2 Å². The predicted molar refractivity (Wildman–Crippen MR) is 86.4 cm³/mol. The zero-order chi connectivity index (χ0) is 23.9. The molecule has 0 spiro atoms. The molecule has 4 atom stereocenters. The first-order chi connectivity index (χ1) is 13.5. The molecule has 0 saturated heterocycles. The first-order valence-corrected chi connectivity index (χ1v) is 8.84. The molecule has 0 fully saturated rings. The van der Waals surface area contributed by atoms with Gasteiger partial charge >= 0.3 is 30.3 Å². The largest absolute Gasteiger partial charge is 0.453 e. The number of carbonyl (C=O) groups excluding carboxylic acids is 3. The normalized spacial score (nSPS) is 17.3. The lowest BCUT2D eigenvalue weighted by molar-refractivity contribution is -0.239. The van der Waals surface area contributed by atoms with Crippen molar-refractivity contribution in [3.63, 3.8) is 0 Å². The molecule has 0 bridgehead atoms. The van der Waals surface area contributed by atoms with Gasteiger partial charge in [0.25, 0.3) is 0 Å². The Kier molecular flexibility index (Phi) is 10.1. The molecule has 0 aromatic rings. The molecule has 6 nitrogen and oxygen atoms in total. The summed E-state index contributed by atoms with van der Waals surface area (Å²) in [4.78, 5) is 35.3. The summed E-state index contributed by atoms with van der Waals surface area (Å²) in [6, 6.07) is 0. The summed E-state index contributed by atoms with van der Waals surface area (Å²) in [5, 5.41) is 0. The molecule has 0 heterocycles. The Balaban J connectivity index is 5.48. The van der Waals surface area contributed by atoms with E-state index in [9.17, 15) is 45.1 Å². The number of rotatable bonds is 10. The van der Waals surface area contributed by atoms with Crippen molar-refractivity contribution in [2.75, 3.05) is 6.61 Å². The lowest BCUT2D eigenvalue weighted by Crippen LogP contribution is -2.47. The number of hydrogen-bond acceptors (Lipinski definition) is 6. The van der Waals surface area contributed by atoms with E-state index >= 15 is 0 Å². The average molecular weight is 456 g/mol. The van der Waals surface area contributed by atoms with Gasteiger partial charge < -0.3 is 14.2 Å². The molecular formula is C17H23F7O6. The minimum atomic E-state index is -5.29. The van der Waals surface area contributed by atoms with Gasteiger partial charge in [-0.25, -0.2) is 9.18 Å². The Bertz CT molecular complexity index is 602. The summed E-state index contributed by atoms with van der Waals surface area (Å²) >= 11 is 0. The van der Waals surface area contributed by atoms with Crippen LogP contribution in [0.4, 0.5) is 30.7 Å². The van der Waals surface area contributed by atoms with Gasteiger partial charge in [-0.3, -0.25) is 9.59 Å². The van der Waals surface area contributed by atoms with Crippen LogP contribution in [0.1, 0.15) is 47.0 Å². The third-order valence-electron chi connectivity index (χ3n) is 4.17. The van der Waals surface area contributed by atoms with Crippen molar-refractivity contribution in [2.24, 2.45) is 11.3 Å². The van der Waals surface area contributed by atoms with E-state index in [0.717, 1.165) is 13.8 Å². The number of ether oxygens (including phenoxy) is 3. The van der Waals surface area contributed by atoms with Crippen LogP contribution in [0.5, 0.6) is 0 Å². The fourth-order valence-corrected chi connectivity index (χ4v) is 2.32. The van der Waals surface area contributed by atoms with Crippen LogP contribution in [0.2, 0.25) is 0 Å². The van der Waals surface area contributed by atoms with Gasteiger partial charge in [0.1, 0.15) is 0 Å². The molecule has 0 N–H and O–H groups in total. The molecule has 0 aromatic carbocycles. The summed E-state index contributed by atoms with van der Waals surface area (Å²) in [5.41, 5.74) is -3.35. The monoisotopic (exact) mass is 456 g/mol. The zero-order valence-electron chi connectivity index (χ0n) is 16.7. The summed E-state index contributed by atoms with van der Waals surface area (Å²) in [7, 11) is 0. The van der Waals surface area contributed by atoms with Gasteiger partial charge in [-0.15, -0.1) is 0 Å². The molecule has 176 valence electrons. The summed E-state index contributed by atoms with van der Waals surface area (Å²) < 4.78 is 104. The second-order valence-corrected chi connectivity index (χ2v) is 6.62. The van der Waals surface area contributed by atoms with Gasteiger partial charge in [-0.2, -0.15) is 26.3 Å². The van der Waals surface area contributed by atoms with E-state index in [4.69, 9.17) is 0 Å². The van der Waals surface area contributed by atoms with Gasteiger partial charge in [0.2, 0.25) is 6.36 Å². The minimum Gasteiger partial charge on any atom is -0.453 e. The molecule has 0 aliphatic rings. The molecule has 0 amide bonds. The fourth-order valence-electron chi connectivity index (χ4n) is 2.32. The van der Waals surface area contributed by atoms with E-state index in [1.807, 2.05) is 0 Å². The second-order valence-electron chi connectivity index (χ2n) is 6.62. The molecule has 13 heteroatoms. The lowest BCUT2D eigenvalue weighted by Gasteiger charge is -2.32. The highest BCUT2D eigenvalue weighted by Crippen LogP contribution is 2.45. The van der Waals surface area contributed by atoms with E-state index in [-0.39, 0.29) is 6.42 Å². The quantitative estimate of drug-likeness (QED) is 0.278. The topological polar surface area (TPSA) is 78.9 Å². The lowest BCUT2D eigenvalue weighted by atomic mass is 9.79. The standard InChI is InChI=1S/C17H23F7O6/c1-5-10(13(26)30-11(6-2)16(19,20)21)7-15(4,17(22,23)24)14(27)28-8-12(25)29-9(3)18/h9-11H,5-8H2,1-4H3. The SMILES string of the molecule is CCC(CC(C)(C(=O)OCC(=O)OC(C)F)C(F)(F)F)C(=O)OC(CC)C(F)(F)F. The van der Waals surface area contributed by atoms with Crippen molar-refractivity contribution in [3.05, 3.63) is 0 Å². The van der Waals surface area contributed by atoms with E-state index in [2.05, 4.69) is 14.2 Å². The number of halogens is 7. The molecule has 0 aromatic heterocycles. The Morgan fingerprint density at radius 2 is 1.47 bits per heavy atom. The molecule has 0 saturated carbocycles. The third-order valence-corrected chi connectivity index (χ3v) is 4.17. The van der Waals surface area contributed by atoms with Gasteiger partial charge in [0.15, 0.2) is 18.1 Å². The minimum absolute atomic E-state index is 0.368. The molecule has 30 heavy (non-hydrogen) atoms. The van der Waals surface area contributed by atoms with E-state index in [1.54, 1.807) is 0 Å². The molecule has 0 aliphatic carbocycles. The maximum atomic E-state index is 13.6. The highest BCUT2D eigenvalue weighted by Gasteiger charge is 2.59. The highest BCUT2D eigenvalue weighted by atomic mass is 19.4. The second kappa shape index (κ2) is 10.8. The summed E-state index contributed by atoms with van der Waals surface area (Å²) in [6.45, 7) is 2.15. The van der Waals surface area contributed by atoms with Crippen molar-refractivity contribution in [1.29, 1.82) is 0 Å². The number of carbonyl (C=O) groups is 3. The van der Waals surface area contributed by atoms with Crippen molar-refractivity contribution < 1.29 is 59.3 Å². The van der Waals surface area contributed by atoms with Crippen LogP contribution in [0, 0.1) is 11.3 Å². The molecule has 0 aliphatic heterocycles. The Hall–Kier alpha value is -2.08. The molecule has 4 unspecified atom stereocenters. The maximum Gasteiger partial charge on any atom is 0.425 e. The third kappa shape index (κ3) is 7.98. The first-order valence-electron chi connectivity index (χ1n) is 8.84. The zero-order valence-corrected chi connectivity index (χ0v) is 16.7. The summed E-state index contributed by atoms with van der Waals surface area (Å²) in [6.07, 6.45) is -17.1. The van der Waals surface area contributed by atoms with E-state index in [1.165, 1.54) is 6.92 Å². The van der Waals surface area contributed by atoms with Crippen molar-refractivity contribution in [3.8, 4) is 0 Å². The highest BCUT2D eigenvalue weighted by molar-refractivity contribution is 5.82. The van der Waals surface area contributed by atoms with Crippen molar-refractivity contribution in [2.45, 2.75) is 71.8 Å². The molecule has 0 rings (SSSR count). The molecular weight excluding hydrogens is 433 g/mol. The van der Waals surface area contributed by atoms with E-state index < -0.39 is 73.5 Å². The number of alkyl halides is 7. The Labute approximate surface area is 168 Å². The van der Waals surface area contributed by atoms with Gasteiger partial charge in [0.05, 0.1) is 5.92 Å². The first kappa shape index (κ1) is 27.9. The number of hydrogen-bond donors (Lipinski definition) is 0. The van der Waals surface area contributed by atoms with Crippen molar-refractivity contribution in [1.82, 2.24) is 0 Å². The van der Waals surface area contributed by atoms with Crippen LogP contribution in [0.25, 0.3) is 0 Å². The maximum absolute atomic E-state index is 13.6. The smallest absolute Gasteiger partial charge is 0.425 e. The predicted octanol–water partition coefficient (Wildman–Crippen LogP) is 4.26. The van der Waals surface area contributed by atoms with Crippen LogP contribution < -0.4 is 0 Å². The average Bonchev–Trinajstić information content (AvgIpc) is 2.58. The van der Waals surface area contributed by atoms with Crippen molar-refractivity contribution >= 4 is 17.9 Å². The Morgan fingerprint density at radius 1 is 0.933 bits per heavy atom. The van der Waals surface area contributed by atoms with Gasteiger partial charge in [-0.1, -0.05) is 13.8 Å². The molecule has 0 radical (unpaired) electrons. The Morgan fingerprint density at radius 3 is 1.83 bits per heavy atom. The van der Waals surface area contributed by atoms with Crippen LogP contribution in [-0.2, 0) is 28.6 Å². The van der Waals surface area contributed by atoms with Crippen LogP contribution in [0.3, 0.4) is 0 Å². The summed E-state index contributed by atoms with van der Waals surface area (Å²) in [5.74, 6) is -6.72. The fraction of sp³-hybridized carbons (Fsp3) is 0.824. The van der Waals surface area contributed by atoms with Crippen LogP contribution >= 0.6 is 0 Å².